The second-order valence-corrected chi connectivity index (χ2v) is 6.03. The summed E-state index contributed by atoms with van der Waals surface area (Å²) in [5.41, 5.74) is 3.52. The third-order valence-electron chi connectivity index (χ3n) is 4.27. The van der Waals surface area contributed by atoms with Crippen LogP contribution in [0.25, 0.3) is 11.3 Å². The number of nitrogens with zero attached hydrogens (tertiary/aromatic N) is 3. The number of aryl methyl sites for hydroxylation is 1. The fourth-order valence-electron chi connectivity index (χ4n) is 2.95. The molecule has 23 heavy (non-hydrogen) atoms. The molecule has 2 bridgehead atoms. The van der Waals surface area contributed by atoms with Crippen LogP contribution in [0.3, 0.4) is 0 Å². The normalized spacial score (nSPS) is 18.5. The number of aliphatic hydroxyl groups is 1. The average Bonchev–Trinajstić information content (AvgIpc) is 2.93. The number of carbonyl (C=O) groups is 1. The van der Waals surface area contributed by atoms with Crippen LogP contribution in [0.1, 0.15) is 31.9 Å². The van der Waals surface area contributed by atoms with Crippen LogP contribution in [0, 0.1) is 5.92 Å². The zero-order chi connectivity index (χ0) is 16.2. The molecule has 0 spiro atoms. The van der Waals surface area contributed by atoms with Crippen LogP contribution in [0.15, 0.2) is 24.5 Å². The second kappa shape index (κ2) is 6.91. The molecule has 0 saturated carbocycles. The van der Waals surface area contributed by atoms with E-state index in [9.17, 15) is 9.90 Å². The Balaban J connectivity index is 2.07. The van der Waals surface area contributed by atoms with Crippen molar-refractivity contribution in [1.29, 1.82) is 0 Å². The van der Waals surface area contributed by atoms with Crippen LogP contribution in [0.5, 0.6) is 0 Å². The van der Waals surface area contributed by atoms with Gasteiger partial charge in [0.1, 0.15) is 0 Å². The topological polar surface area (TPSA) is 80.0 Å². The number of nitrogens with one attached hydrogen (secondary N) is 1. The number of aliphatic hydroxyl groups excluding tert-OH is 1. The molecule has 2 aromatic rings. The van der Waals surface area contributed by atoms with Crippen LogP contribution in [-0.4, -0.2) is 32.4 Å². The minimum absolute atomic E-state index is 0.00356. The van der Waals surface area contributed by atoms with Gasteiger partial charge in [0.05, 0.1) is 30.7 Å². The number of fused-ring (bicyclic) bond motifs is 4. The van der Waals surface area contributed by atoms with E-state index in [1.54, 1.807) is 17.1 Å². The fraction of sp³-hybridized carbons (Fsp3) is 0.471. The summed E-state index contributed by atoms with van der Waals surface area (Å²) in [4.78, 5) is 16.8. The summed E-state index contributed by atoms with van der Waals surface area (Å²) in [7, 11) is 0. The molecule has 3 heterocycles. The van der Waals surface area contributed by atoms with Gasteiger partial charge in [-0.25, -0.2) is 0 Å². The maximum absolute atomic E-state index is 12.4. The van der Waals surface area contributed by atoms with Gasteiger partial charge in [0.25, 0.3) is 0 Å². The molecule has 122 valence electrons. The number of hydrogen-bond donors (Lipinski definition) is 2. The largest absolute Gasteiger partial charge is 0.394 e. The van der Waals surface area contributed by atoms with E-state index in [2.05, 4.69) is 15.4 Å². The minimum Gasteiger partial charge on any atom is -0.394 e. The van der Waals surface area contributed by atoms with Crippen LogP contribution >= 0.6 is 0 Å². The molecule has 0 aromatic carbocycles. The molecule has 0 radical (unpaired) electrons. The maximum atomic E-state index is 12.4. The van der Waals surface area contributed by atoms with E-state index in [0.717, 1.165) is 42.6 Å². The van der Waals surface area contributed by atoms with Gasteiger partial charge in [-0.1, -0.05) is 13.3 Å². The Bertz CT molecular complexity index is 696. The Morgan fingerprint density at radius 1 is 1.43 bits per heavy atom. The van der Waals surface area contributed by atoms with E-state index in [1.165, 1.54) is 0 Å². The average molecular weight is 314 g/mol. The third kappa shape index (κ3) is 3.42. The predicted octanol–water partition coefficient (Wildman–Crippen LogP) is 2.24. The van der Waals surface area contributed by atoms with Crippen LogP contribution in [0.4, 0.5) is 5.69 Å². The van der Waals surface area contributed by atoms with Gasteiger partial charge in [0.2, 0.25) is 5.91 Å². The van der Waals surface area contributed by atoms with Gasteiger partial charge < -0.3 is 10.4 Å². The van der Waals surface area contributed by atoms with Crippen molar-refractivity contribution in [3.63, 3.8) is 0 Å². The SMILES string of the molecule is CC1CCCCc2cc(ccn2)-c2c(cnn2CCO)NC1=O. The molecular formula is C17H22N4O2. The number of hydrogen-bond acceptors (Lipinski definition) is 4. The lowest BCUT2D eigenvalue weighted by Crippen LogP contribution is -2.21. The summed E-state index contributed by atoms with van der Waals surface area (Å²) < 4.78 is 1.73. The molecule has 1 unspecified atom stereocenters. The summed E-state index contributed by atoms with van der Waals surface area (Å²) >= 11 is 0. The standard InChI is InChI=1S/C17H22N4O2/c1-12-4-2-3-5-14-10-13(6-7-18-14)16-15(20-17(12)23)11-19-21(16)8-9-22/h6-7,10-12,22H,2-5,8-9H2,1H3,(H,20,23). The van der Waals surface area contributed by atoms with Crippen molar-refractivity contribution >= 4 is 11.6 Å². The number of rotatable bonds is 2. The molecule has 0 saturated heterocycles. The summed E-state index contributed by atoms with van der Waals surface area (Å²) in [5, 5.41) is 16.6. The summed E-state index contributed by atoms with van der Waals surface area (Å²) in [6.45, 7) is 2.34. The second-order valence-electron chi connectivity index (χ2n) is 6.03. The highest BCUT2D eigenvalue weighted by atomic mass is 16.3. The van der Waals surface area contributed by atoms with Crippen molar-refractivity contribution in [3.05, 3.63) is 30.2 Å². The lowest BCUT2D eigenvalue weighted by Gasteiger charge is -2.15. The van der Waals surface area contributed by atoms with Crippen LogP contribution in [0.2, 0.25) is 0 Å². The Morgan fingerprint density at radius 2 is 2.30 bits per heavy atom. The lowest BCUT2D eigenvalue weighted by atomic mass is 10.00. The Hall–Kier alpha value is -2.21. The Morgan fingerprint density at radius 3 is 3.13 bits per heavy atom. The number of carbonyl (C=O) groups excluding carboxylic acids is 1. The van der Waals surface area contributed by atoms with Crippen molar-refractivity contribution in [2.75, 3.05) is 11.9 Å². The van der Waals surface area contributed by atoms with Gasteiger partial charge in [-0.2, -0.15) is 5.10 Å². The van der Waals surface area contributed by atoms with Gasteiger partial charge in [-0.05, 0) is 31.4 Å². The molecule has 0 fully saturated rings. The highest BCUT2D eigenvalue weighted by Crippen LogP contribution is 2.29. The van der Waals surface area contributed by atoms with Crippen LogP contribution < -0.4 is 5.32 Å². The molecule has 2 N–H and O–H groups in total. The van der Waals surface area contributed by atoms with E-state index in [0.29, 0.717) is 12.2 Å². The Labute approximate surface area is 135 Å². The maximum Gasteiger partial charge on any atom is 0.227 e. The van der Waals surface area contributed by atoms with E-state index >= 15 is 0 Å². The van der Waals surface area contributed by atoms with E-state index in [-0.39, 0.29) is 18.4 Å². The zero-order valence-corrected chi connectivity index (χ0v) is 13.3. The molecule has 2 aromatic heterocycles. The van der Waals surface area contributed by atoms with E-state index in [4.69, 9.17) is 0 Å². The zero-order valence-electron chi connectivity index (χ0n) is 13.3. The van der Waals surface area contributed by atoms with Gasteiger partial charge in [0, 0.05) is 23.4 Å². The number of anilines is 1. The van der Waals surface area contributed by atoms with Gasteiger partial charge in [-0.15, -0.1) is 0 Å². The molecule has 0 aliphatic carbocycles. The smallest absolute Gasteiger partial charge is 0.227 e. The van der Waals surface area contributed by atoms with Gasteiger partial charge >= 0.3 is 0 Å². The quantitative estimate of drug-likeness (QED) is 0.891. The summed E-state index contributed by atoms with van der Waals surface area (Å²) in [5.74, 6) is -0.0144. The highest BCUT2D eigenvalue weighted by Gasteiger charge is 2.19. The predicted molar refractivity (Wildman–Crippen MR) is 87.9 cm³/mol. The van der Waals surface area contributed by atoms with Crippen LogP contribution in [-0.2, 0) is 17.8 Å². The fourth-order valence-corrected chi connectivity index (χ4v) is 2.95. The monoisotopic (exact) mass is 314 g/mol. The van der Waals surface area contributed by atoms with E-state index < -0.39 is 0 Å². The third-order valence-corrected chi connectivity index (χ3v) is 4.27. The molecule has 6 nitrogen and oxygen atoms in total. The minimum atomic E-state index is -0.0326. The first kappa shape index (κ1) is 15.7. The lowest BCUT2D eigenvalue weighted by molar-refractivity contribution is -0.119. The molecule has 6 heteroatoms. The van der Waals surface area contributed by atoms with Crippen molar-refractivity contribution < 1.29 is 9.90 Å². The molecule has 1 atom stereocenters. The number of aromatic nitrogens is 3. The highest BCUT2D eigenvalue weighted by molar-refractivity contribution is 5.95. The van der Waals surface area contributed by atoms with Gasteiger partial charge in [0.15, 0.2) is 0 Å². The van der Waals surface area contributed by atoms with Crippen molar-refractivity contribution in [2.45, 2.75) is 39.2 Å². The van der Waals surface area contributed by atoms with Gasteiger partial charge in [-0.3, -0.25) is 14.5 Å². The molecule has 1 aliphatic rings. The first-order valence-corrected chi connectivity index (χ1v) is 8.12. The molecule has 3 rings (SSSR count). The van der Waals surface area contributed by atoms with Crippen molar-refractivity contribution in [3.8, 4) is 11.3 Å². The number of amides is 1. The molecule has 1 amide bonds. The molecule has 1 aliphatic heterocycles. The first-order chi connectivity index (χ1) is 11.2. The number of pyridine rings is 1. The Kier molecular flexibility index (Phi) is 4.71. The van der Waals surface area contributed by atoms with E-state index in [1.807, 2.05) is 19.1 Å². The molecular weight excluding hydrogens is 292 g/mol. The first-order valence-electron chi connectivity index (χ1n) is 8.12. The van der Waals surface area contributed by atoms with Crippen molar-refractivity contribution in [1.82, 2.24) is 14.8 Å². The van der Waals surface area contributed by atoms with Crippen molar-refractivity contribution in [2.24, 2.45) is 5.92 Å². The summed E-state index contributed by atoms with van der Waals surface area (Å²) in [6, 6.07) is 3.96. The summed E-state index contributed by atoms with van der Waals surface area (Å²) in [6.07, 6.45) is 7.26.